The molecule has 0 amide bonds. The van der Waals surface area contributed by atoms with Crippen LogP contribution in [0.25, 0.3) is 10.9 Å². The minimum atomic E-state index is -2.49. The Kier molecular flexibility index (Phi) is 3.97. The van der Waals surface area contributed by atoms with Crippen LogP contribution in [0.3, 0.4) is 0 Å². The Labute approximate surface area is 120 Å². The molecule has 2 aromatic rings. The Morgan fingerprint density at radius 3 is 2.48 bits per heavy atom. The van der Waals surface area contributed by atoms with Gasteiger partial charge in [0.15, 0.2) is 0 Å². The van der Waals surface area contributed by atoms with Gasteiger partial charge in [0.1, 0.15) is 0 Å². The fourth-order valence-electron chi connectivity index (χ4n) is 2.26. The molecular formula is C14H16N2O5. The number of H-pyrrole nitrogens is 1. The van der Waals surface area contributed by atoms with Crippen molar-refractivity contribution in [2.24, 2.45) is 5.73 Å². The maximum atomic E-state index is 11.0. The number of aromatic amines is 1. The molecule has 1 aromatic carbocycles. The largest absolute Gasteiger partial charge is 0.479 e. The van der Waals surface area contributed by atoms with Crippen LogP contribution in [0, 0.1) is 0 Å². The summed E-state index contributed by atoms with van der Waals surface area (Å²) in [5, 5.41) is 28.7. The molecule has 112 valence electrons. The van der Waals surface area contributed by atoms with E-state index in [0.29, 0.717) is 0 Å². The lowest BCUT2D eigenvalue weighted by atomic mass is 9.90. The zero-order chi connectivity index (χ0) is 15.6. The van der Waals surface area contributed by atoms with Crippen LogP contribution in [0.4, 0.5) is 0 Å². The number of carboxylic acid groups (broad SMARTS) is 2. The third-order valence-corrected chi connectivity index (χ3v) is 3.45. The average molecular weight is 292 g/mol. The van der Waals surface area contributed by atoms with Crippen LogP contribution in [0.5, 0.6) is 0 Å². The number of carboxylic acids is 2. The van der Waals surface area contributed by atoms with Crippen molar-refractivity contribution in [3.63, 3.8) is 0 Å². The summed E-state index contributed by atoms with van der Waals surface area (Å²) in [5.74, 6) is -3.35. The van der Waals surface area contributed by atoms with Gasteiger partial charge in [0, 0.05) is 29.9 Å². The Balaban J connectivity index is 2.16. The molecule has 0 saturated heterocycles. The lowest BCUT2D eigenvalue weighted by Crippen LogP contribution is -2.56. The van der Waals surface area contributed by atoms with Crippen molar-refractivity contribution in [1.29, 1.82) is 0 Å². The fraction of sp³-hybridized carbons (Fsp3) is 0.286. The van der Waals surface area contributed by atoms with E-state index in [1.807, 2.05) is 24.3 Å². The Morgan fingerprint density at radius 2 is 1.86 bits per heavy atom. The first-order valence-corrected chi connectivity index (χ1v) is 6.33. The number of fused-ring (bicyclic) bond motifs is 1. The Bertz CT molecular complexity index is 665. The third-order valence-electron chi connectivity index (χ3n) is 3.45. The van der Waals surface area contributed by atoms with Gasteiger partial charge in [-0.05, 0) is 11.6 Å². The van der Waals surface area contributed by atoms with E-state index in [1.165, 1.54) is 0 Å². The number of para-hydroxylation sites is 1. The summed E-state index contributed by atoms with van der Waals surface area (Å²) in [5.41, 5.74) is 4.52. The Hall–Kier alpha value is -2.38. The number of benzene rings is 1. The number of carbonyl (C=O) groups is 2. The summed E-state index contributed by atoms with van der Waals surface area (Å²) in [7, 11) is 0. The van der Waals surface area contributed by atoms with Gasteiger partial charge in [0.05, 0.1) is 6.10 Å². The molecule has 1 aromatic heterocycles. The molecule has 7 nitrogen and oxygen atoms in total. The van der Waals surface area contributed by atoms with Crippen LogP contribution < -0.4 is 5.73 Å². The molecule has 1 heterocycles. The van der Waals surface area contributed by atoms with Crippen LogP contribution in [-0.4, -0.2) is 43.9 Å². The highest BCUT2D eigenvalue weighted by Gasteiger charge is 2.44. The van der Waals surface area contributed by atoms with Gasteiger partial charge in [-0.2, -0.15) is 0 Å². The van der Waals surface area contributed by atoms with Crippen LogP contribution >= 0.6 is 0 Å². The van der Waals surface area contributed by atoms with E-state index in [0.717, 1.165) is 16.5 Å². The normalized spacial score (nSPS) is 13.2. The third kappa shape index (κ3) is 2.88. The smallest absolute Gasteiger partial charge is 0.335 e. The molecule has 0 aliphatic rings. The first-order valence-electron chi connectivity index (χ1n) is 6.33. The molecule has 21 heavy (non-hydrogen) atoms. The molecule has 0 spiro atoms. The number of nitrogens with one attached hydrogen (secondary N) is 1. The monoisotopic (exact) mass is 292 g/mol. The van der Waals surface area contributed by atoms with Crippen molar-refractivity contribution in [1.82, 2.24) is 4.98 Å². The highest BCUT2D eigenvalue weighted by Crippen LogP contribution is 2.21. The van der Waals surface area contributed by atoms with Gasteiger partial charge < -0.3 is 26.0 Å². The van der Waals surface area contributed by atoms with Gasteiger partial charge >= 0.3 is 11.9 Å². The summed E-state index contributed by atoms with van der Waals surface area (Å²) in [4.78, 5) is 25.0. The minimum Gasteiger partial charge on any atom is -0.479 e. The number of aliphatic hydroxyl groups excluding tert-OH is 1. The first kappa shape index (κ1) is 15.0. The van der Waals surface area contributed by atoms with E-state index >= 15 is 0 Å². The molecule has 7 heteroatoms. The van der Waals surface area contributed by atoms with E-state index in [9.17, 15) is 14.7 Å². The van der Waals surface area contributed by atoms with Crippen LogP contribution in [0.1, 0.15) is 12.0 Å². The molecule has 1 unspecified atom stereocenters. The lowest BCUT2D eigenvalue weighted by Gasteiger charge is -2.22. The number of aliphatic carboxylic acids is 2. The molecule has 0 radical (unpaired) electrons. The second-order valence-electron chi connectivity index (χ2n) is 5.00. The van der Waals surface area contributed by atoms with E-state index in [2.05, 4.69) is 4.98 Å². The maximum absolute atomic E-state index is 11.0. The molecule has 6 N–H and O–H groups in total. The number of hydrogen-bond donors (Lipinski definition) is 5. The van der Waals surface area contributed by atoms with E-state index in [-0.39, 0.29) is 6.42 Å². The van der Waals surface area contributed by atoms with E-state index in [1.54, 1.807) is 6.20 Å². The van der Waals surface area contributed by atoms with E-state index < -0.39 is 30.0 Å². The Morgan fingerprint density at radius 1 is 1.24 bits per heavy atom. The van der Waals surface area contributed by atoms with Crippen molar-refractivity contribution >= 4 is 22.8 Å². The minimum absolute atomic E-state index is 0.115. The van der Waals surface area contributed by atoms with Gasteiger partial charge in [0.2, 0.25) is 5.54 Å². The van der Waals surface area contributed by atoms with Gasteiger partial charge in [-0.25, -0.2) is 9.59 Å². The lowest BCUT2D eigenvalue weighted by molar-refractivity contribution is -0.158. The van der Waals surface area contributed by atoms with Gasteiger partial charge in [-0.15, -0.1) is 0 Å². The van der Waals surface area contributed by atoms with Crippen molar-refractivity contribution in [3.8, 4) is 0 Å². The molecule has 0 saturated carbocycles. The molecule has 0 aliphatic heterocycles. The molecule has 0 aliphatic carbocycles. The first-order chi connectivity index (χ1) is 9.84. The van der Waals surface area contributed by atoms with Crippen LogP contribution in [0.2, 0.25) is 0 Å². The number of rotatable bonds is 6. The summed E-state index contributed by atoms with van der Waals surface area (Å²) < 4.78 is 0. The molecule has 0 bridgehead atoms. The van der Waals surface area contributed by atoms with Crippen molar-refractivity contribution in [2.45, 2.75) is 24.5 Å². The van der Waals surface area contributed by atoms with Crippen LogP contribution in [0.15, 0.2) is 30.5 Å². The summed E-state index contributed by atoms with van der Waals surface area (Å²) in [6.45, 7) is 0. The predicted molar refractivity (Wildman–Crippen MR) is 74.8 cm³/mol. The topological polar surface area (TPSA) is 137 Å². The van der Waals surface area contributed by atoms with Crippen molar-refractivity contribution < 1.29 is 24.9 Å². The highest BCUT2D eigenvalue weighted by atomic mass is 16.4. The number of hydrogen-bond acceptors (Lipinski definition) is 4. The predicted octanol–water partition coefficient (Wildman–Crippen LogP) is 0.328. The zero-order valence-electron chi connectivity index (χ0n) is 11.1. The number of nitrogens with two attached hydrogens (primary N) is 1. The summed E-state index contributed by atoms with van der Waals surface area (Å²) >= 11 is 0. The summed E-state index contributed by atoms with van der Waals surface area (Å²) in [6.07, 6.45) is 0.0651. The maximum Gasteiger partial charge on any atom is 0.335 e. The highest BCUT2D eigenvalue weighted by molar-refractivity contribution is 6.02. The van der Waals surface area contributed by atoms with Gasteiger partial charge in [0.25, 0.3) is 0 Å². The van der Waals surface area contributed by atoms with Gasteiger partial charge in [-0.1, -0.05) is 18.2 Å². The molecule has 1 atom stereocenters. The quantitative estimate of drug-likeness (QED) is 0.486. The standard InChI is InChI=1S/C14H16N2O5/c15-14(12(18)19,13(20)21)6-9(17)5-8-7-16-11-4-2-1-3-10(8)11/h1-4,7,9,16-17H,5-6,15H2,(H,18,19)(H,20,21). The van der Waals surface area contributed by atoms with E-state index in [4.69, 9.17) is 15.9 Å². The molecular weight excluding hydrogens is 276 g/mol. The SMILES string of the molecule is NC(CC(O)Cc1c[nH]c2ccccc12)(C(=O)O)C(=O)O. The second kappa shape index (κ2) is 5.55. The second-order valence-corrected chi connectivity index (χ2v) is 5.00. The zero-order valence-corrected chi connectivity index (χ0v) is 11.1. The molecule has 0 fully saturated rings. The fourth-order valence-corrected chi connectivity index (χ4v) is 2.26. The number of aliphatic hydroxyl groups is 1. The van der Waals surface area contributed by atoms with Crippen molar-refractivity contribution in [3.05, 3.63) is 36.0 Å². The molecule has 2 rings (SSSR count). The van der Waals surface area contributed by atoms with Gasteiger partial charge in [-0.3, -0.25) is 0 Å². The summed E-state index contributed by atoms with van der Waals surface area (Å²) in [6, 6.07) is 7.43. The number of aromatic nitrogens is 1. The van der Waals surface area contributed by atoms with Crippen LogP contribution in [-0.2, 0) is 16.0 Å². The average Bonchev–Trinajstić information content (AvgIpc) is 2.81. The van der Waals surface area contributed by atoms with Crippen molar-refractivity contribution in [2.75, 3.05) is 0 Å².